The maximum atomic E-state index is 12.3. The second-order valence-corrected chi connectivity index (χ2v) is 5.31. The van der Waals surface area contributed by atoms with Gasteiger partial charge in [0.15, 0.2) is 0 Å². The van der Waals surface area contributed by atoms with Crippen LogP contribution in [0.15, 0.2) is 42.5 Å². The summed E-state index contributed by atoms with van der Waals surface area (Å²) in [6, 6.07) is 13.2. The summed E-state index contributed by atoms with van der Waals surface area (Å²) >= 11 is 0. The van der Waals surface area contributed by atoms with E-state index in [0.29, 0.717) is 17.2 Å². The van der Waals surface area contributed by atoms with Gasteiger partial charge in [0.05, 0.1) is 0 Å². The van der Waals surface area contributed by atoms with Crippen molar-refractivity contribution in [2.75, 3.05) is 11.1 Å². The molecule has 20 heavy (non-hydrogen) atoms. The lowest BCUT2D eigenvalue weighted by Gasteiger charge is -2.11. The van der Waals surface area contributed by atoms with Gasteiger partial charge in [0, 0.05) is 16.9 Å². The molecule has 0 aliphatic carbocycles. The van der Waals surface area contributed by atoms with Crippen molar-refractivity contribution in [1.82, 2.24) is 0 Å². The second kappa shape index (κ2) is 5.78. The van der Waals surface area contributed by atoms with Gasteiger partial charge in [0.25, 0.3) is 5.91 Å². The van der Waals surface area contributed by atoms with E-state index < -0.39 is 0 Å². The maximum Gasteiger partial charge on any atom is 0.255 e. The summed E-state index contributed by atoms with van der Waals surface area (Å²) < 4.78 is 0. The minimum atomic E-state index is -0.108. The van der Waals surface area contributed by atoms with E-state index in [1.54, 1.807) is 18.2 Å². The highest BCUT2D eigenvalue weighted by molar-refractivity contribution is 6.05. The Labute approximate surface area is 119 Å². The highest BCUT2D eigenvalue weighted by Gasteiger charge is 2.10. The zero-order valence-corrected chi connectivity index (χ0v) is 12.1. The molecule has 0 atom stereocenters. The van der Waals surface area contributed by atoms with E-state index in [1.165, 1.54) is 5.56 Å². The molecule has 0 spiro atoms. The number of amides is 1. The summed E-state index contributed by atoms with van der Waals surface area (Å²) in [7, 11) is 0. The first-order chi connectivity index (χ1) is 9.47. The van der Waals surface area contributed by atoms with Crippen molar-refractivity contribution in [3.8, 4) is 0 Å². The van der Waals surface area contributed by atoms with Crippen LogP contribution in [0, 0.1) is 6.92 Å². The van der Waals surface area contributed by atoms with Crippen LogP contribution < -0.4 is 11.1 Å². The first-order valence-electron chi connectivity index (χ1n) is 6.75. The van der Waals surface area contributed by atoms with Crippen molar-refractivity contribution in [2.24, 2.45) is 0 Å². The Hall–Kier alpha value is -2.29. The second-order valence-electron chi connectivity index (χ2n) is 5.31. The molecule has 3 heteroatoms. The molecule has 104 valence electrons. The fourth-order valence-corrected chi connectivity index (χ4v) is 2.12. The van der Waals surface area contributed by atoms with Gasteiger partial charge < -0.3 is 11.1 Å². The SMILES string of the molecule is Cc1cc(N)ccc1C(=O)Nc1cccc(C(C)C)c1. The third kappa shape index (κ3) is 3.18. The van der Waals surface area contributed by atoms with Crippen molar-refractivity contribution < 1.29 is 4.79 Å². The molecule has 0 radical (unpaired) electrons. The smallest absolute Gasteiger partial charge is 0.255 e. The average Bonchev–Trinajstić information content (AvgIpc) is 2.38. The van der Waals surface area contributed by atoms with Crippen LogP contribution in [0.4, 0.5) is 11.4 Å². The van der Waals surface area contributed by atoms with Crippen molar-refractivity contribution in [2.45, 2.75) is 26.7 Å². The molecular formula is C17H20N2O. The van der Waals surface area contributed by atoms with Gasteiger partial charge in [-0.25, -0.2) is 0 Å². The first-order valence-corrected chi connectivity index (χ1v) is 6.75. The lowest BCUT2D eigenvalue weighted by molar-refractivity contribution is 0.102. The molecule has 0 aromatic heterocycles. The Bertz CT molecular complexity index is 633. The van der Waals surface area contributed by atoms with Gasteiger partial charge in [-0.3, -0.25) is 4.79 Å². The Morgan fingerprint density at radius 2 is 1.90 bits per heavy atom. The number of carbonyl (C=O) groups is 1. The predicted molar refractivity (Wildman–Crippen MR) is 84.1 cm³/mol. The fraction of sp³-hybridized carbons (Fsp3) is 0.235. The number of rotatable bonds is 3. The Balaban J connectivity index is 2.21. The van der Waals surface area contributed by atoms with Crippen molar-refractivity contribution >= 4 is 17.3 Å². The van der Waals surface area contributed by atoms with E-state index in [2.05, 4.69) is 25.2 Å². The summed E-state index contributed by atoms with van der Waals surface area (Å²) in [4.78, 5) is 12.3. The van der Waals surface area contributed by atoms with Crippen LogP contribution in [0.5, 0.6) is 0 Å². The number of nitrogens with two attached hydrogens (primary N) is 1. The Morgan fingerprint density at radius 3 is 2.55 bits per heavy atom. The lowest BCUT2D eigenvalue weighted by Crippen LogP contribution is -2.13. The zero-order valence-electron chi connectivity index (χ0n) is 12.1. The zero-order chi connectivity index (χ0) is 14.7. The number of anilines is 2. The summed E-state index contributed by atoms with van der Waals surface area (Å²) in [6.45, 7) is 6.14. The normalized spacial score (nSPS) is 10.6. The monoisotopic (exact) mass is 268 g/mol. The highest BCUT2D eigenvalue weighted by atomic mass is 16.1. The summed E-state index contributed by atoms with van der Waals surface area (Å²) in [5, 5.41) is 2.93. The van der Waals surface area contributed by atoms with Crippen LogP contribution >= 0.6 is 0 Å². The summed E-state index contributed by atoms with van der Waals surface area (Å²) in [5.74, 6) is 0.327. The highest BCUT2D eigenvalue weighted by Crippen LogP contribution is 2.20. The van der Waals surface area contributed by atoms with Crippen LogP contribution in [0.1, 0.15) is 41.3 Å². The summed E-state index contributed by atoms with van der Waals surface area (Å²) in [6.07, 6.45) is 0. The van der Waals surface area contributed by atoms with Crippen LogP contribution in [0.2, 0.25) is 0 Å². The van der Waals surface area contributed by atoms with E-state index in [0.717, 1.165) is 11.3 Å². The molecule has 0 aliphatic heterocycles. The predicted octanol–water partition coefficient (Wildman–Crippen LogP) is 3.95. The van der Waals surface area contributed by atoms with E-state index in [-0.39, 0.29) is 5.91 Å². The number of benzene rings is 2. The molecule has 1 amide bonds. The first kappa shape index (κ1) is 14.1. The largest absolute Gasteiger partial charge is 0.399 e. The number of nitrogens with one attached hydrogen (secondary N) is 1. The number of carbonyl (C=O) groups excluding carboxylic acids is 1. The lowest BCUT2D eigenvalue weighted by atomic mass is 10.0. The Morgan fingerprint density at radius 1 is 1.15 bits per heavy atom. The van der Waals surface area contributed by atoms with Crippen LogP contribution in [0.3, 0.4) is 0 Å². The molecule has 0 aliphatic rings. The van der Waals surface area contributed by atoms with Gasteiger partial charge in [0.1, 0.15) is 0 Å². The van der Waals surface area contributed by atoms with E-state index in [9.17, 15) is 4.79 Å². The van der Waals surface area contributed by atoms with Crippen molar-refractivity contribution in [3.63, 3.8) is 0 Å². The topological polar surface area (TPSA) is 55.1 Å². The van der Waals surface area contributed by atoms with Gasteiger partial charge in [-0.2, -0.15) is 0 Å². The molecule has 2 rings (SSSR count). The molecule has 0 saturated heterocycles. The van der Waals surface area contributed by atoms with E-state index in [4.69, 9.17) is 5.73 Å². The van der Waals surface area contributed by atoms with Crippen LogP contribution in [0.25, 0.3) is 0 Å². The molecule has 3 nitrogen and oxygen atoms in total. The number of nitrogen functional groups attached to an aromatic ring is 1. The standard InChI is InChI=1S/C17H20N2O/c1-11(2)13-5-4-6-15(10-13)19-17(20)16-8-7-14(18)9-12(16)3/h4-11H,18H2,1-3H3,(H,19,20). The van der Waals surface area contributed by atoms with Gasteiger partial charge in [0.2, 0.25) is 0 Å². The quantitative estimate of drug-likeness (QED) is 0.828. The molecule has 0 bridgehead atoms. The van der Waals surface area contributed by atoms with Crippen molar-refractivity contribution in [1.29, 1.82) is 0 Å². The van der Waals surface area contributed by atoms with Gasteiger partial charge in [-0.1, -0.05) is 26.0 Å². The minimum Gasteiger partial charge on any atom is -0.399 e. The molecule has 2 aromatic carbocycles. The van der Waals surface area contributed by atoms with Gasteiger partial charge in [-0.15, -0.1) is 0 Å². The third-order valence-corrected chi connectivity index (χ3v) is 3.31. The molecule has 0 saturated carbocycles. The molecule has 0 heterocycles. The van der Waals surface area contributed by atoms with Crippen LogP contribution in [-0.2, 0) is 0 Å². The molecular weight excluding hydrogens is 248 g/mol. The summed E-state index contributed by atoms with van der Waals surface area (Å²) in [5.41, 5.74) is 9.92. The number of hydrogen-bond acceptors (Lipinski definition) is 2. The van der Waals surface area contributed by atoms with E-state index in [1.807, 2.05) is 25.1 Å². The Kier molecular flexibility index (Phi) is 4.08. The molecule has 3 N–H and O–H groups in total. The number of aryl methyl sites for hydroxylation is 1. The van der Waals surface area contributed by atoms with Crippen LogP contribution in [-0.4, -0.2) is 5.91 Å². The fourth-order valence-electron chi connectivity index (χ4n) is 2.12. The maximum absolute atomic E-state index is 12.3. The molecule has 0 fully saturated rings. The number of hydrogen-bond donors (Lipinski definition) is 2. The average molecular weight is 268 g/mol. The molecule has 0 unspecified atom stereocenters. The molecule has 2 aromatic rings. The van der Waals surface area contributed by atoms with E-state index >= 15 is 0 Å². The third-order valence-electron chi connectivity index (χ3n) is 3.31. The van der Waals surface area contributed by atoms with Crippen molar-refractivity contribution in [3.05, 3.63) is 59.2 Å². The van der Waals surface area contributed by atoms with Gasteiger partial charge >= 0.3 is 0 Å². The van der Waals surface area contributed by atoms with Gasteiger partial charge in [-0.05, 0) is 54.3 Å². The minimum absolute atomic E-state index is 0.108.